The maximum atomic E-state index is 11.3. The van der Waals surface area contributed by atoms with Crippen molar-refractivity contribution in [2.75, 3.05) is 0 Å². The first-order chi connectivity index (χ1) is 8.65. The number of hydrogen-bond acceptors (Lipinski definition) is 2. The van der Waals surface area contributed by atoms with Gasteiger partial charge in [0, 0.05) is 6.42 Å². The van der Waals surface area contributed by atoms with Crippen molar-refractivity contribution >= 4 is 22.7 Å². The molecule has 0 saturated heterocycles. The van der Waals surface area contributed by atoms with Crippen LogP contribution in [0, 0.1) is 0 Å². The van der Waals surface area contributed by atoms with Crippen molar-refractivity contribution < 1.29 is 9.59 Å². The summed E-state index contributed by atoms with van der Waals surface area (Å²) < 4.78 is 0. The molecule has 0 spiro atoms. The zero-order chi connectivity index (χ0) is 13.0. The van der Waals surface area contributed by atoms with E-state index in [0.717, 1.165) is 10.9 Å². The third-order valence-corrected chi connectivity index (χ3v) is 2.72. The number of rotatable bonds is 3. The molecular formula is C14H14N2O2. The third-order valence-electron chi connectivity index (χ3n) is 2.72. The van der Waals surface area contributed by atoms with Crippen LogP contribution in [-0.4, -0.2) is 11.9 Å². The average molecular weight is 242 g/mol. The van der Waals surface area contributed by atoms with E-state index in [2.05, 4.69) is 5.32 Å². The Morgan fingerprint density at radius 1 is 1.06 bits per heavy atom. The lowest BCUT2D eigenvalue weighted by Crippen LogP contribution is -2.35. The van der Waals surface area contributed by atoms with Crippen LogP contribution in [0.2, 0.25) is 0 Å². The van der Waals surface area contributed by atoms with Crippen LogP contribution < -0.4 is 11.1 Å². The smallest absolute Gasteiger partial charge is 0.318 e. The molecule has 4 heteroatoms. The van der Waals surface area contributed by atoms with Crippen molar-refractivity contribution in [1.29, 1.82) is 0 Å². The summed E-state index contributed by atoms with van der Waals surface area (Å²) in [6.45, 7) is 0. The molecule has 4 nitrogen and oxygen atoms in total. The quantitative estimate of drug-likeness (QED) is 0.863. The summed E-state index contributed by atoms with van der Waals surface area (Å²) in [5.41, 5.74) is 5.93. The molecular weight excluding hydrogens is 228 g/mol. The zero-order valence-electron chi connectivity index (χ0n) is 9.85. The lowest BCUT2D eigenvalue weighted by molar-refractivity contribution is -0.119. The van der Waals surface area contributed by atoms with Gasteiger partial charge in [-0.2, -0.15) is 0 Å². The summed E-state index contributed by atoms with van der Waals surface area (Å²) >= 11 is 0. The second-order valence-electron chi connectivity index (χ2n) is 4.09. The van der Waals surface area contributed by atoms with E-state index in [4.69, 9.17) is 5.73 Å². The predicted octanol–water partition coefficient (Wildman–Crippen LogP) is 1.97. The summed E-state index contributed by atoms with van der Waals surface area (Å²) in [5, 5.41) is 4.36. The molecule has 3 N–H and O–H groups in total. The summed E-state index contributed by atoms with van der Waals surface area (Å²) in [6, 6.07) is 13.3. The molecule has 0 heterocycles. The van der Waals surface area contributed by atoms with E-state index >= 15 is 0 Å². The van der Waals surface area contributed by atoms with Gasteiger partial charge in [-0.15, -0.1) is 0 Å². The zero-order valence-corrected chi connectivity index (χ0v) is 9.85. The van der Waals surface area contributed by atoms with Gasteiger partial charge < -0.3 is 5.73 Å². The van der Waals surface area contributed by atoms with Gasteiger partial charge >= 0.3 is 6.03 Å². The fraction of sp³-hybridized carbons (Fsp3) is 0.143. The van der Waals surface area contributed by atoms with Gasteiger partial charge in [0.05, 0.1) is 0 Å². The standard InChI is InChI=1S/C14H14N2O2/c15-14(18)16-13(17)8-6-10-5-7-11-3-1-2-4-12(11)9-10/h1-5,7,9H,6,8H2,(H3,15,16,17,18). The molecule has 0 unspecified atom stereocenters. The van der Waals surface area contributed by atoms with Gasteiger partial charge in [-0.3, -0.25) is 10.1 Å². The normalized spacial score (nSPS) is 10.2. The molecule has 2 aromatic rings. The number of urea groups is 1. The van der Waals surface area contributed by atoms with Crippen LogP contribution in [0.1, 0.15) is 12.0 Å². The number of nitrogens with two attached hydrogens (primary N) is 1. The fourth-order valence-corrected chi connectivity index (χ4v) is 1.85. The third kappa shape index (κ3) is 3.07. The molecule has 0 aliphatic rings. The largest absolute Gasteiger partial charge is 0.351 e. The molecule has 3 amide bonds. The van der Waals surface area contributed by atoms with Gasteiger partial charge in [0.15, 0.2) is 0 Å². The number of imide groups is 1. The van der Waals surface area contributed by atoms with E-state index in [1.54, 1.807) is 0 Å². The molecule has 0 atom stereocenters. The summed E-state index contributed by atoms with van der Waals surface area (Å²) in [5.74, 6) is -0.351. The van der Waals surface area contributed by atoms with Crippen molar-refractivity contribution in [2.24, 2.45) is 5.73 Å². The van der Waals surface area contributed by atoms with Gasteiger partial charge in [-0.05, 0) is 22.8 Å². The topological polar surface area (TPSA) is 72.2 Å². The molecule has 92 valence electrons. The van der Waals surface area contributed by atoms with E-state index < -0.39 is 6.03 Å². The number of fused-ring (bicyclic) bond motifs is 1. The van der Waals surface area contributed by atoms with Crippen LogP contribution >= 0.6 is 0 Å². The average Bonchev–Trinajstić information content (AvgIpc) is 2.35. The molecule has 0 fully saturated rings. The first-order valence-electron chi connectivity index (χ1n) is 5.72. The number of carbonyl (C=O) groups is 2. The van der Waals surface area contributed by atoms with Gasteiger partial charge in [0.25, 0.3) is 0 Å². The van der Waals surface area contributed by atoms with Gasteiger partial charge in [-0.25, -0.2) is 4.79 Å². The first-order valence-corrected chi connectivity index (χ1v) is 5.72. The van der Waals surface area contributed by atoms with Crippen LogP contribution in [0.15, 0.2) is 42.5 Å². The monoisotopic (exact) mass is 242 g/mol. The van der Waals surface area contributed by atoms with E-state index in [9.17, 15) is 9.59 Å². The van der Waals surface area contributed by atoms with Crippen LogP contribution in [-0.2, 0) is 11.2 Å². The van der Waals surface area contributed by atoms with Crippen molar-refractivity contribution in [3.63, 3.8) is 0 Å². The highest BCUT2D eigenvalue weighted by atomic mass is 16.2. The van der Waals surface area contributed by atoms with E-state index in [0.29, 0.717) is 6.42 Å². The van der Waals surface area contributed by atoms with Gasteiger partial charge in [0.1, 0.15) is 0 Å². The molecule has 18 heavy (non-hydrogen) atoms. The minimum atomic E-state index is -0.807. The molecule has 2 rings (SSSR count). The summed E-state index contributed by atoms with van der Waals surface area (Å²) in [6.07, 6.45) is 0.839. The van der Waals surface area contributed by atoms with Crippen molar-refractivity contribution in [3.05, 3.63) is 48.0 Å². The van der Waals surface area contributed by atoms with E-state index in [1.165, 1.54) is 5.39 Å². The lowest BCUT2D eigenvalue weighted by Gasteiger charge is -2.03. The van der Waals surface area contributed by atoms with E-state index in [-0.39, 0.29) is 12.3 Å². The van der Waals surface area contributed by atoms with Crippen molar-refractivity contribution in [2.45, 2.75) is 12.8 Å². The number of primary amides is 1. The number of amides is 3. The number of aryl methyl sites for hydroxylation is 1. The molecule has 2 aromatic carbocycles. The highest BCUT2D eigenvalue weighted by Gasteiger charge is 2.04. The van der Waals surface area contributed by atoms with Crippen molar-refractivity contribution in [1.82, 2.24) is 5.32 Å². The van der Waals surface area contributed by atoms with Crippen LogP contribution in [0.25, 0.3) is 10.8 Å². The molecule has 0 aliphatic carbocycles. The Kier molecular flexibility index (Phi) is 3.57. The number of carbonyl (C=O) groups excluding carboxylic acids is 2. The Hall–Kier alpha value is -2.36. The maximum absolute atomic E-state index is 11.3. The molecule has 0 aliphatic heterocycles. The SMILES string of the molecule is NC(=O)NC(=O)CCc1ccc2ccccc2c1. The fourth-order valence-electron chi connectivity index (χ4n) is 1.85. The molecule has 0 aromatic heterocycles. The van der Waals surface area contributed by atoms with Crippen LogP contribution in [0.4, 0.5) is 4.79 Å². The molecule has 0 radical (unpaired) electrons. The Morgan fingerprint density at radius 3 is 2.50 bits per heavy atom. The van der Waals surface area contributed by atoms with Gasteiger partial charge in [-0.1, -0.05) is 42.5 Å². The number of benzene rings is 2. The first kappa shape index (κ1) is 12.1. The Balaban J connectivity index is 2.04. The highest BCUT2D eigenvalue weighted by Crippen LogP contribution is 2.16. The predicted molar refractivity (Wildman–Crippen MR) is 70.0 cm³/mol. The number of hydrogen-bond donors (Lipinski definition) is 2. The summed E-state index contributed by atoms with van der Waals surface area (Å²) in [4.78, 5) is 21.8. The van der Waals surface area contributed by atoms with Gasteiger partial charge in [0.2, 0.25) is 5.91 Å². The van der Waals surface area contributed by atoms with Crippen molar-refractivity contribution in [3.8, 4) is 0 Å². The summed E-state index contributed by atoms with van der Waals surface area (Å²) in [7, 11) is 0. The Bertz CT molecular complexity index is 593. The van der Waals surface area contributed by atoms with Crippen LogP contribution in [0.5, 0.6) is 0 Å². The minimum Gasteiger partial charge on any atom is -0.351 e. The second kappa shape index (κ2) is 5.31. The Labute approximate surface area is 105 Å². The Morgan fingerprint density at radius 2 is 1.78 bits per heavy atom. The molecule has 0 bridgehead atoms. The maximum Gasteiger partial charge on any atom is 0.318 e. The lowest BCUT2D eigenvalue weighted by atomic mass is 10.0. The van der Waals surface area contributed by atoms with Crippen LogP contribution in [0.3, 0.4) is 0 Å². The molecule has 0 saturated carbocycles. The van der Waals surface area contributed by atoms with E-state index in [1.807, 2.05) is 42.5 Å². The highest BCUT2D eigenvalue weighted by molar-refractivity contribution is 5.93. The number of nitrogens with one attached hydrogen (secondary N) is 1. The minimum absolute atomic E-state index is 0.251. The second-order valence-corrected chi connectivity index (χ2v) is 4.09.